The van der Waals surface area contributed by atoms with Crippen molar-refractivity contribution in [1.82, 2.24) is 0 Å². The second kappa shape index (κ2) is 11.3. The van der Waals surface area contributed by atoms with Crippen LogP contribution in [0.3, 0.4) is 0 Å². The van der Waals surface area contributed by atoms with Crippen molar-refractivity contribution in [3.8, 4) is 0 Å². The zero-order valence-corrected chi connectivity index (χ0v) is 18.4. The van der Waals surface area contributed by atoms with Crippen molar-refractivity contribution >= 4 is 50.9 Å². The molecule has 2 N–H and O–H groups in total. The van der Waals surface area contributed by atoms with Gasteiger partial charge in [-0.15, -0.1) is 0 Å². The minimum atomic E-state index is -0.640. The standard InChI is InChI=1S/C22H23BrN2O5/c1-3-15-12-17(23)6-9-19(15)25-21(28)13-30-22(29)11-10-20(27)24-18-7-4-16(5-8-18)14(2)26/h4-9,12H,3,10-11,13H2,1-2H3,(H,24,27)(H,25,28). The van der Waals surface area contributed by atoms with E-state index in [0.717, 1.165) is 16.5 Å². The third-order valence-electron chi connectivity index (χ3n) is 4.22. The van der Waals surface area contributed by atoms with Gasteiger partial charge in [-0.25, -0.2) is 0 Å². The molecule has 158 valence electrons. The van der Waals surface area contributed by atoms with Crippen LogP contribution in [0, 0.1) is 0 Å². The van der Waals surface area contributed by atoms with E-state index < -0.39 is 18.5 Å². The molecule has 0 spiro atoms. The maximum Gasteiger partial charge on any atom is 0.306 e. The third kappa shape index (κ3) is 7.44. The number of benzene rings is 2. The number of ether oxygens (including phenoxy) is 1. The average molecular weight is 475 g/mol. The molecule has 2 rings (SSSR count). The van der Waals surface area contributed by atoms with Crippen molar-refractivity contribution in [1.29, 1.82) is 0 Å². The number of carbonyl (C=O) groups is 4. The maximum atomic E-state index is 12.0. The highest BCUT2D eigenvalue weighted by Gasteiger charge is 2.12. The number of rotatable bonds is 9. The zero-order valence-electron chi connectivity index (χ0n) is 16.8. The Morgan fingerprint density at radius 1 is 0.933 bits per heavy atom. The molecule has 0 aliphatic heterocycles. The van der Waals surface area contributed by atoms with Crippen LogP contribution < -0.4 is 10.6 Å². The molecule has 8 heteroatoms. The lowest BCUT2D eigenvalue weighted by Gasteiger charge is -2.11. The van der Waals surface area contributed by atoms with E-state index in [1.165, 1.54) is 6.92 Å². The summed E-state index contributed by atoms with van der Waals surface area (Å²) in [5, 5.41) is 5.35. The maximum absolute atomic E-state index is 12.0. The van der Waals surface area contributed by atoms with Crippen LogP contribution in [0.2, 0.25) is 0 Å². The monoisotopic (exact) mass is 474 g/mol. The highest BCUT2D eigenvalue weighted by atomic mass is 79.9. The molecule has 0 aliphatic carbocycles. The molecular weight excluding hydrogens is 452 g/mol. The molecule has 0 aliphatic rings. The van der Waals surface area contributed by atoms with Crippen LogP contribution in [0.4, 0.5) is 11.4 Å². The van der Waals surface area contributed by atoms with E-state index in [1.807, 2.05) is 19.1 Å². The first kappa shape index (κ1) is 23.3. The summed E-state index contributed by atoms with van der Waals surface area (Å²) >= 11 is 3.38. The Kier molecular flexibility index (Phi) is 8.73. The molecule has 2 aromatic carbocycles. The molecule has 0 fully saturated rings. The van der Waals surface area contributed by atoms with Crippen LogP contribution in [0.1, 0.15) is 42.6 Å². The highest BCUT2D eigenvalue weighted by molar-refractivity contribution is 9.10. The largest absolute Gasteiger partial charge is 0.456 e. The van der Waals surface area contributed by atoms with E-state index >= 15 is 0 Å². The molecule has 0 saturated carbocycles. The first-order chi connectivity index (χ1) is 14.3. The van der Waals surface area contributed by atoms with Crippen LogP contribution in [-0.4, -0.2) is 30.2 Å². The van der Waals surface area contributed by atoms with Gasteiger partial charge in [-0.05, 0) is 61.4 Å². The van der Waals surface area contributed by atoms with E-state index in [1.54, 1.807) is 30.3 Å². The van der Waals surface area contributed by atoms with Crippen LogP contribution >= 0.6 is 15.9 Å². The fourth-order valence-electron chi connectivity index (χ4n) is 2.61. The van der Waals surface area contributed by atoms with E-state index in [-0.39, 0.29) is 24.5 Å². The molecule has 0 atom stereocenters. The average Bonchev–Trinajstić information content (AvgIpc) is 2.72. The number of Topliss-reactive ketones (excluding diaryl/α,β-unsaturated/α-hetero) is 1. The summed E-state index contributed by atoms with van der Waals surface area (Å²) in [5.74, 6) is -1.52. The Morgan fingerprint density at radius 3 is 2.27 bits per heavy atom. The number of aryl methyl sites for hydroxylation is 1. The number of esters is 1. The SMILES string of the molecule is CCc1cc(Br)ccc1NC(=O)COC(=O)CCC(=O)Nc1ccc(C(C)=O)cc1. The third-order valence-corrected chi connectivity index (χ3v) is 4.71. The van der Waals surface area contributed by atoms with Crippen LogP contribution in [0.5, 0.6) is 0 Å². The fraction of sp³-hybridized carbons (Fsp3) is 0.273. The number of amides is 2. The fourth-order valence-corrected chi connectivity index (χ4v) is 3.02. The summed E-state index contributed by atoms with van der Waals surface area (Å²) in [6, 6.07) is 11.9. The quantitative estimate of drug-likeness (QED) is 0.420. The van der Waals surface area contributed by atoms with Gasteiger partial charge in [-0.3, -0.25) is 19.2 Å². The summed E-state index contributed by atoms with van der Waals surface area (Å²) in [4.78, 5) is 47.0. The predicted octanol–water partition coefficient (Wildman–Crippen LogP) is 4.11. The van der Waals surface area contributed by atoms with Crippen molar-refractivity contribution in [3.05, 3.63) is 58.1 Å². The van der Waals surface area contributed by atoms with Gasteiger partial charge in [-0.2, -0.15) is 0 Å². The molecule has 0 saturated heterocycles. The predicted molar refractivity (Wildman–Crippen MR) is 117 cm³/mol. The van der Waals surface area contributed by atoms with Gasteiger partial charge in [0.25, 0.3) is 5.91 Å². The summed E-state index contributed by atoms with van der Waals surface area (Å²) in [5.41, 5.74) is 2.69. The lowest BCUT2D eigenvalue weighted by atomic mass is 10.1. The first-order valence-electron chi connectivity index (χ1n) is 9.43. The highest BCUT2D eigenvalue weighted by Crippen LogP contribution is 2.21. The second-order valence-corrected chi connectivity index (χ2v) is 7.46. The molecule has 0 heterocycles. The number of hydrogen-bond acceptors (Lipinski definition) is 5. The van der Waals surface area contributed by atoms with Crippen molar-refractivity contribution in [2.45, 2.75) is 33.1 Å². The van der Waals surface area contributed by atoms with Crippen LogP contribution in [0.25, 0.3) is 0 Å². The number of carbonyl (C=O) groups excluding carboxylic acids is 4. The number of hydrogen-bond donors (Lipinski definition) is 2. The number of ketones is 1. The van der Waals surface area contributed by atoms with Gasteiger partial charge in [0.2, 0.25) is 5.91 Å². The van der Waals surface area contributed by atoms with Crippen molar-refractivity contribution < 1.29 is 23.9 Å². The number of halogens is 1. The lowest BCUT2D eigenvalue weighted by Crippen LogP contribution is -2.22. The molecular formula is C22H23BrN2O5. The summed E-state index contributed by atoms with van der Waals surface area (Å²) in [6.45, 7) is 3.01. The van der Waals surface area contributed by atoms with Gasteiger partial charge in [0, 0.05) is 27.8 Å². The summed E-state index contributed by atoms with van der Waals surface area (Å²) < 4.78 is 5.85. The van der Waals surface area contributed by atoms with Crippen molar-refractivity contribution in [2.24, 2.45) is 0 Å². The molecule has 2 amide bonds. The topological polar surface area (TPSA) is 102 Å². The number of nitrogens with one attached hydrogen (secondary N) is 2. The van der Waals surface area contributed by atoms with Crippen molar-refractivity contribution in [3.63, 3.8) is 0 Å². The van der Waals surface area contributed by atoms with Gasteiger partial charge in [0.1, 0.15) is 0 Å². The van der Waals surface area contributed by atoms with Gasteiger partial charge in [0.05, 0.1) is 6.42 Å². The zero-order chi connectivity index (χ0) is 22.1. The van der Waals surface area contributed by atoms with Crippen molar-refractivity contribution in [2.75, 3.05) is 17.2 Å². The Labute approximate surface area is 183 Å². The number of anilines is 2. The van der Waals surface area contributed by atoms with Crippen LogP contribution in [-0.2, 0) is 25.5 Å². The molecule has 0 unspecified atom stereocenters. The Balaban J connectivity index is 1.73. The molecule has 0 radical (unpaired) electrons. The van der Waals surface area contributed by atoms with Gasteiger partial charge in [0.15, 0.2) is 12.4 Å². The minimum Gasteiger partial charge on any atom is -0.456 e. The Bertz CT molecular complexity index is 941. The second-order valence-electron chi connectivity index (χ2n) is 6.55. The molecule has 0 bridgehead atoms. The lowest BCUT2D eigenvalue weighted by molar-refractivity contribution is -0.147. The first-order valence-corrected chi connectivity index (χ1v) is 10.2. The Hall–Kier alpha value is -3.00. The Morgan fingerprint density at radius 2 is 1.63 bits per heavy atom. The van der Waals surface area contributed by atoms with Crippen LogP contribution in [0.15, 0.2) is 46.9 Å². The molecule has 0 aromatic heterocycles. The smallest absolute Gasteiger partial charge is 0.306 e. The van der Waals surface area contributed by atoms with Gasteiger partial charge < -0.3 is 15.4 Å². The van der Waals surface area contributed by atoms with E-state index in [2.05, 4.69) is 26.6 Å². The van der Waals surface area contributed by atoms with E-state index in [9.17, 15) is 19.2 Å². The van der Waals surface area contributed by atoms with E-state index in [4.69, 9.17) is 4.74 Å². The molecule has 7 nitrogen and oxygen atoms in total. The minimum absolute atomic E-state index is 0.0642. The van der Waals surface area contributed by atoms with E-state index in [0.29, 0.717) is 16.9 Å². The summed E-state index contributed by atoms with van der Waals surface area (Å²) in [7, 11) is 0. The van der Waals surface area contributed by atoms with Gasteiger partial charge in [-0.1, -0.05) is 22.9 Å². The molecule has 2 aromatic rings. The van der Waals surface area contributed by atoms with Gasteiger partial charge >= 0.3 is 5.97 Å². The summed E-state index contributed by atoms with van der Waals surface area (Å²) in [6.07, 6.45) is 0.506. The normalized spacial score (nSPS) is 10.2. The molecule has 30 heavy (non-hydrogen) atoms.